The van der Waals surface area contributed by atoms with Crippen LogP contribution in [0.2, 0.25) is 5.02 Å². The summed E-state index contributed by atoms with van der Waals surface area (Å²) in [6.07, 6.45) is 0.118. The number of halogens is 2. The molecule has 6 heteroatoms. The van der Waals surface area contributed by atoms with E-state index in [1.165, 1.54) is 23.5 Å². The quantitative estimate of drug-likeness (QED) is 0.808. The van der Waals surface area contributed by atoms with Crippen LogP contribution in [0.5, 0.6) is 0 Å². The van der Waals surface area contributed by atoms with Crippen LogP contribution in [0.15, 0.2) is 23.6 Å². The molecule has 1 aromatic carbocycles. The van der Waals surface area contributed by atoms with E-state index >= 15 is 0 Å². The number of ether oxygens (including phenoxy) is 1. The van der Waals surface area contributed by atoms with Gasteiger partial charge in [-0.2, -0.15) is 0 Å². The monoisotopic (exact) mass is 299 g/mol. The Morgan fingerprint density at radius 2 is 2.26 bits per heavy atom. The van der Waals surface area contributed by atoms with Crippen molar-refractivity contribution < 1.29 is 13.9 Å². The Hall–Kier alpha value is -1.46. The number of thiazole rings is 1. The molecule has 0 saturated carbocycles. The molecule has 3 nitrogen and oxygen atoms in total. The molecule has 19 heavy (non-hydrogen) atoms. The number of hydrogen-bond acceptors (Lipinski definition) is 4. The average Bonchev–Trinajstić information content (AvgIpc) is 2.76. The largest absolute Gasteiger partial charge is 0.466 e. The van der Waals surface area contributed by atoms with E-state index in [-0.39, 0.29) is 12.4 Å². The highest BCUT2D eigenvalue weighted by Crippen LogP contribution is 2.27. The van der Waals surface area contributed by atoms with Crippen molar-refractivity contribution >= 4 is 28.9 Å². The molecular formula is C13H11ClFNO2S. The van der Waals surface area contributed by atoms with Crippen molar-refractivity contribution in [1.29, 1.82) is 0 Å². The minimum atomic E-state index is -0.412. The summed E-state index contributed by atoms with van der Waals surface area (Å²) in [4.78, 5) is 15.6. The second kappa shape index (κ2) is 6.12. The lowest BCUT2D eigenvalue weighted by Crippen LogP contribution is -2.07. The maximum Gasteiger partial charge on any atom is 0.311 e. The molecule has 0 spiro atoms. The van der Waals surface area contributed by atoms with Crippen LogP contribution in [-0.2, 0) is 16.0 Å². The van der Waals surface area contributed by atoms with Crippen LogP contribution < -0.4 is 0 Å². The smallest absolute Gasteiger partial charge is 0.311 e. The summed E-state index contributed by atoms with van der Waals surface area (Å²) in [6, 6.07) is 4.23. The minimum Gasteiger partial charge on any atom is -0.466 e. The van der Waals surface area contributed by atoms with Crippen molar-refractivity contribution in [2.24, 2.45) is 0 Å². The van der Waals surface area contributed by atoms with Gasteiger partial charge in [0.1, 0.15) is 10.8 Å². The fourth-order valence-corrected chi connectivity index (χ4v) is 2.59. The van der Waals surface area contributed by atoms with Gasteiger partial charge >= 0.3 is 5.97 Å². The van der Waals surface area contributed by atoms with Crippen LogP contribution in [0.3, 0.4) is 0 Å². The van der Waals surface area contributed by atoms with Crippen LogP contribution in [0.1, 0.15) is 12.6 Å². The first-order chi connectivity index (χ1) is 9.08. The summed E-state index contributed by atoms with van der Waals surface area (Å²) in [7, 11) is 0. The number of carbonyl (C=O) groups is 1. The SMILES string of the molecule is CCOC(=O)Cc1csc(-c2cc(F)cc(Cl)c2)n1. The molecule has 0 amide bonds. The molecule has 0 aliphatic heterocycles. The normalized spacial score (nSPS) is 10.5. The summed E-state index contributed by atoms with van der Waals surface area (Å²) >= 11 is 7.13. The second-order valence-corrected chi connectivity index (χ2v) is 5.08. The Labute approximate surface area is 119 Å². The zero-order chi connectivity index (χ0) is 13.8. The second-order valence-electron chi connectivity index (χ2n) is 3.78. The van der Waals surface area contributed by atoms with Crippen molar-refractivity contribution in [3.8, 4) is 10.6 Å². The van der Waals surface area contributed by atoms with Gasteiger partial charge < -0.3 is 4.74 Å². The van der Waals surface area contributed by atoms with E-state index in [0.29, 0.717) is 27.9 Å². The average molecular weight is 300 g/mol. The maximum absolute atomic E-state index is 13.2. The first-order valence-corrected chi connectivity index (χ1v) is 6.90. The first-order valence-electron chi connectivity index (χ1n) is 5.65. The van der Waals surface area contributed by atoms with Crippen LogP contribution in [-0.4, -0.2) is 17.6 Å². The van der Waals surface area contributed by atoms with E-state index in [4.69, 9.17) is 16.3 Å². The van der Waals surface area contributed by atoms with Crippen LogP contribution in [0, 0.1) is 5.82 Å². The Morgan fingerprint density at radius 3 is 2.95 bits per heavy atom. The van der Waals surface area contributed by atoms with E-state index in [1.807, 2.05) is 0 Å². The van der Waals surface area contributed by atoms with Gasteiger partial charge in [0.05, 0.1) is 18.7 Å². The molecule has 1 aromatic heterocycles. The van der Waals surface area contributed by atoms with Crippen molar-refractivity contribution in [1.82, 2.24) is 4.98 Å². The van der Waals surface area contributed by atoms with Gasteiger partial charge in [-0.3, -0.25) is 4.79 Å². The zero-order valence-corrected chi connectivity index (χ0v) is 11.7. The zero-order valence-electron chi connectivity index (χ0n) is 10.2. The summed E-state index contributed by atoms with van der Waals surface area (Å²) in [6.45, 7) is 2.09. The van der Waals surface area contributed by atoms with Crippen LogP contribution >= 0.6 is 22.9 Å². The van der Waals surface area contributed by atoms with E-state index in [9.17, 15) is 9.18 Å². The first kappa shape index (κ1) is 14.0. The Balaban J connectivity index is 2.18. The third-order valence-corrected chi connectivity index (χ3v) is 3.45. The van der Waals surface area contributed by atoms with Crippen molar-refractivity contribution in [3.05, 3.63) is 40.1 Å². The molecule has 0 aliphatic rings. The number of aromatic nitrogens is 1. The van der Waals surface area contributed by atoms with Gasteiger partial charge in [-0.25, -0.2) is 9.37 Å². The summed E-state index contributed by atoms with van der Waals surface area (Å²) in [5, 5.41) is 2.70. The Morgan fingerprint density at radius 1 is 1.47 bits per heavy atom. The number of benzene rings is 1. The standard InChI is InChI=1S/C13H11ClFNO2S/c1-2-18-12(17)6-11-7-19-13(16-11)8-3-9(14)5-10(15)4-8/h3-5,7H,2,6H2,1H3. The van der Waals surface area contributed by atoms with Gasteiger partial charge in [0.15, 0.2) is 0 Å². The highest BCUT2D eigenvalue weighted by Gasteiger charge is 2.10. The summed E-state index contributed by atoms with van der Waals surface area (Å²) in [5.41, 5.74) is 1.21. The summed E-state index contributed by atoms with van der Waals surface area (Å²) in [5.74, 6) is -0.735. The van der Waals surface area contributed by atoms with Gasteiger partial charge in [-0.1, -0.05) is 11.6 Å². The third-order valence-electron chi connectivity index (χ3n) is 2.29. The molecule has 2 rings (SSSR count). The lowest BCUT2D eigenvalue weighted by molar-refractivity contribution is -0.142. The van der Waals surface area contributed by atoms with E-state index < -0.39 is 5.82 Å². The van der Waals surface area contributed by atoms with Gasteiger partial charge in [0, 0.05) is 16.0 Å². The molecule has 0 N–H and O–H groups in total. The van der Waals surface area contributed by atoms with E-state index in [2.05, 4.69) is 4.98 Å². The molecule has 0 radical (unpaired) electrons. The van der Waals surface area contributed by atoms with Crippen LogP contribution in [0.25, 0.3) is 10.6 Å². The van der Waals surface area contributed by atoms with Crippen molar-refractivity contribution in [2.45, 2.75) is 13.3 Å². The van der Waals surface area contributed by atoms with Crippen molar-refractivity contribution in [3.63, 3.8) is 0 Å². The van der Waals surface area contributed by atoms with Crippen LogP contribution in [0.4, 0.5) is 4.39 Å². The number of nitrogens with zero attached hydrogens (tertiary/aromatic N) is 1. The predicted molar refractivity (Wildman–Crippen MR) is 72.9 cm³/mol. The van der Waals surface area contributed by atoms with E-state index in [0.717, 1.165) is 0 Å². The fraction of sp³-hybridized carbons (Fsp3) is 0.231. The summed E-state index contributed by atoms with van der Waals surface area (Å²) < 4.78 is 18.1. The van der Waals surface area contributed by atoms with Gasteiger partial charge in [-0.15, -0.1) is 11.3 Å². The number of hydrogen-bond donors (Lipinski definition) is 0. The molecule has 0 bridgehead atoms. The fourth-order valence-electron chi connectivity index (χ4n) is 1.56. The molecule has 0 fully saturated rings. The molecule has 100 valence electrons. The third kappa shape index (κ3) is 3.75. The Kier molecular flexibility index (Phi) is 4.50. The lowest BCUT2D eigenvalue weighted by Gasteiger charge is -1.99. The maximum atomic E-state index is 13.2. The molecule has 0 unspecified atom stereocenters. The number of esters is 1. The predicted octanol–water partition coefficient (Wildman–Crippen LogP) is 3.71. The molecule has 1 heterocycles. The van der Waals surface area contributed by atoms with Gasteiger partial charge in [0.2, 0.25) is 0 Å². The highest BCUT2D eigenvalue weighted by atomic mass is 35.5. The Bertz CT molecular complexity index is 580. The molecule has 0 atom stereocenters. The van der Waals surface area contributed by atoms with Gasteiger partial charge in [0.25, 0.3) is 0 Å². The molecule has 2 aromatic rings. The molecule has 0 saturated heterocycles. The highest BCUT2D eigenvalue weighted by molar-refractivity contribution is 7.13. The van der Waals surface area contributed by atoms with Crippen molar-refractivity contribution in [2.75, 3.05) is 6.61 Å². The number of carbonyl (C=O) groups excluding carboxylic acids is 1. The molecular weight excluding hydrogens is 289 g/mol. The van der Waals surface area contributed by atoms with E-state index in [1.54, 1.807) is 18.4 Å². The minimum absolute atomic E-state index is 0.118. The lowest BCUT2D eigenvalue weighted by atomic mass is 10.2. The molecule has 0 aliphatic carbocycles. The topological polar surface area (TPSA) is 39.2 Å². The van der Waals surface area contributed by atoms with Gasteiger partial charge in [-0.05, 0) is 25.1 Å². The number of rotatable bonds is 4.